The fraction of sp³-hybridized carbons (Fsp3) is 0.750. The minimum atomic E-state index is -0.429. The number of hydrogen-bond acceptors (Lipinski definition) is 4. The van der Waals surface area contributed by atoms with Crippen molar-refractivity contribution in [3.63, 3.8) is 0 Å². The summed E-state index contributed by atoms with van der Waals surface area (Å²) in [6.45, 7) is 6.20. The van der Waals surface area contributed by atoms with Gasteiger partial charge in [-0.15, -0.1) is 0 Å². The molecule has 0 aliphatic carbocycles. The van der Waals surface area contributed by atoms with Gasteiger partial charge in [0.05, 0.1) is 25.4 Å². The first kappa shape index (κ1) is 14.2. The second-order valence-corrected chi connectivity index (χ2v) is 4.09. The molecule has 0 bridgehead atoms. The van der Waals surface area contributed by atoms with Gasteiger partial charge >= 0.3 is 0 Å². The number of amides is 1. The van der Waals surface area contributed by atoms with Crippen LogP contribution in [0.1, 0.15) is 26.2 Å². The molecule has 17 heavy (non-hydrogen) atoms. The van der Waals surface area contributed by atoms with Gasteiger partial charge in [0, 0.05) is 0 Å². The van der Waals surface area contributed by atoms with Gasteiger partial charge in [-0.3, -0.25) is 4.79 Å². The molecule has 5 heteroatoms. The van der Waals surface area contributed by atoms with E-state index in [1.807, 2.05) is 6.92 Å². The van der Waals surface area contributed by atoms with E-state index in [-0.39, 0.29) is 18.1 Å². The Labute approximate surface area is 102 Å². The quantitative estimate of drug-likeness (QED) is 0.670. The van der Waals surface area contributed by atoms with Gasteiger partial charge in [0.1, 0.15) is 0 Å². The van der Waals surface area contributed by atoms with Crippen LogP contribution < -0.4 is 5.32 Å². The average Bonchev–Trinajstić information content (AvgIpc) is 2.36. The van der Waals surface area contributed by atoms with Crippen LogP contribution in [0.4, 0.5) is 0 Å². The number of rotatable bonds is 6. The van der Waals surface area contributed by atoms with E-state index in [9.17, 15) is 9.90 Å². The Bertz CT molecular complexity index is 257. The molecule has 1 aliphatic heterocycles. The molecule has 5 nitrogen and oxygen atoms in total. The molecule has 3 unspecified atom stereocenters. The van der Waals surface area contributed by atoms with E-state index in [1.54, 1.807) is 0 Å². The summed E-state index contributed by atoms with van der Waals surface area (Å²) in [6.07, 6.45) is 2.57. The molecule has 1 saturated heterocycles. The van der Waals surface area contributed by atoms with E-state index in [0.717, 1.165) is 12.8 Å². The van der Waals surface area contributed by atoms with E-state index in [1.165, 1.54) is 6.08 Å². The van der Waals surface area contributed by atoms with Gasteiger partial charge in [-0.05, 0) is 25.3 Å². The molecule has 98 valence electrons. The Morgan fingerprint density at radius 2 is 2.47 bits per heavy atom. The summed E-state index contributed by atoms with van der Waals surface area (Å²) in [4.78, 5) is 11.0. The Morgan fingerprint density at radius 3 is 3.12 bits per heavy atom. The number of carbonyl (C=O) groups excluding carboxylic acids is 1. The van der Waals surface area contributed by atoms with Gasteiger partial charge in [-0.2, -0.15) is 0 Å². The smallest absolute Gasteiger partial charge is 0.243 e. The second kappa shape index (κ2) is 7.42. The van der Waals surface area contributed by atoms with Gasteiger partial charge in [0.2, 0.25) is 5.91 Å². The fourth-order valence-corrected chi connectivity index (χ4v) is 1.66. The van der Waals surface area contributed by atoms with Crippen molar-refractivity contribution >= 4 is 5.91 Å². The highest BCUT2D eigenvalue weighted by Gasteiger charge is 2.24. The first-order chi connectivity index (χ1) is 8.15. The molecule has 1 rings (SSSR count). The number of nitrogens with one attached hydrogen (secondary N) is 1. The van der Waals surface area contributed by atoms with Crippen LogP contribution in [0.15, 0.2) is 12.7 Å². The Hall–Kier alpha value is -0.910. The number of aliphatic hydroxyl groups excluding tert-OH is 1. The third-order valence-corrected chi connectivity index (χ3v) is 2.72. The second-order valence-electron chi connectivity index (χ2n) is 4.09. The summed E-state index contributed by atoms with van der Waals surface area (Å²) in [5.41, 5.74) is 0. The third-order valence-electron chi connectivity index (χ3n) is 2.72. The van der Waals surface area contributed by atoms with Gasteiger partial charge in [-0.25, -0.2) is 0 Å². The van der Waals surface area contributed by atoms with Crippen molar-refractivity contribution in [2.45, 2.75) is 44.7 Å². The lowest BCUT2D eigenvalue weighted by atomic mass is 10.1. The predicted molar refractivity (Wildman–Crippen MR) is 63.4 cm³/mol. The summed E-state index contributed by atoms with van der Waals surface area (Å²) in [5.74, 6) is -0.243. The van der Waals surface area contributed by atoms with Crippen LogP contribution in [0.25, 0.3) is 0 Å². The Kier molecular flexibility index (Phi) is 6.18. The topological polar surface area (TPSA) is 67.8 Å². The van der Waals surface area contributed by atoms with Crippen LogP contribution in [-0.2, 0) is 14.3 Å². The van der Waals surface area contributed by atoms with Crippen LogP contribution in [0.2, 0.25) is 0 Å². The van der Waals surface area contributed by atoms with Gasteiger partial charge < -0.3 is 19.9 Å². The van der Waals surface area contributed by atoms with Gasteiger partial charge in [0.25, 0.3) is 0 Å². The first-order valence-electron chi connectivity index (χ1n) is 6.01. The molecular weight excluding hydrogens is 222 g/mol. The molecule has 0 aromatic heterocycles. The lowest BCUT2D eigenvalue weighted by Crippen LogP contribution is -2.41. The summed E-state index contributed by atoms with van der Waals surface area (Å²) < 4.78 is 11.0. The monoisotopic (exact) mass is 243 g/mol. The predicted octanol–water partition coefficient (Wildman–Crippen LogP) is 0.581. The molecule has 0 aromatic carbocycles. The minimum Gasteiger partial charge on any atom is -0.393 e. The van der Waals surface area contributed by atoms with E-state index < -0.39 is 6.29 Å². The lowest BCUT2D eigenvalue weighted by molar-refractivity contribution is -0.214. The molecule has 1 aliphatic rings. The van der Waals surface area contributed by atoms with Crippen LogP contribution >= 0.6 is 0 Å². The average molecular weight is 243 g/mol. The van der Waals surface area contributed by atoms with Crippen molar-refractivity contribution in [2.24, 2.45) is 0 Å². The molecule has 0 radical (unpaired) electrons. The van der Waals surface area contributed by atoms with Gasteiger partial charge in [0.15, 0.2) is 6.29 Å². The molecule has 0 spiro atoms. The number of hydrogen-bond donors (Lipinski definition) is 2. The van der Waals surface area contributed by atoms with Crippen LogP contribution in [0.5, 0.6) is 0 Å². The zero-order valence-electron chi connectivity index (χ0n) is 10.2. The lowest BCUT2D eigenvalue weighted by Gasteiger charge is -2.31. The van der Waals surface area contributed by atoms with E-state index in [0.29, 0.717) is 19.6 Å². The highest BCUT2D eigenvalue weighted by Crippen LogP contribution is 2.17. The molecule has 1 fully saturated rings. The molecular formula is C12H21NO4. The molecule has 0 aromatic rings. The summed E-state index contributed by atoms with van der Waals surface area (Å²) >= 11 is 0. The van der Waals surface area contributed by atoms with Crippen molar-refractivity contribution in [3.05, 3.63) is 12.7 Å². The number of carbonyl (C=O) groups is 1. The third kappa shape index (κ3) is 5.30. The zero-order chi connectivity index (χ0) is 12.7. The molecule has 2 N–H and O–H groups in total. The van der Waals surface area contributed by atoms with Crippen LogP contribution in [0, 0.1) is 0 Å². The van der Waals surface area contributed by atoms with E-state index in [4.69, 9.17) is 9.47 Å². The molecule has 1 heterocycles. The van der Waals surface area contributed by atoms with Crippen LogP contribution in [0.3, 0.4) is 0 Å². The highest BCUT2D eigenvalue weighted by atomic mass is 16.7. The van der Waals surface area contributed by atoms with E-state index in [2.05, 4.69) is 11.9 Å². The van der Waals surface area contributed by atoms with Gasteiger partial charge in [-0.1, -0.05) is 13.5 Å². The normalized spacial score (nSPS) is 26.2. The van der Waals surface area contributed by atoms with Crippen LogP contribution in [-0.4, -0.2) is 42.7 Å². The molecule has 1 amide bonds. The SMILES string of the molecule is C=CC(=O)NCC1OCCC(CC(O)CC)O1. The van der Waals surface area contributed by atoms with Crippen molar-refractivity contribution in [3.8, 4) is 0 Å². The maximum absolute atomic E-state index is 11.0. The van der Waals surface area contributed by atoms with E-state index >= 15 is 0 Å². The van der Waals surface area contributed by atoms with Crippen molar-refractivity contribution in [1.82, 2.24) is 5.32 Å². The standard InChI is InChI=1S/C12H21NO4/c1-3-9(14)7-10-5-6-16-12(17-10)8-13-11(15)4-2/h4,9-10,12,14H,2-3,5-8H2,1H3,(H,13,15). The highest BCUT2D eigenvalue weighted by molar-refractivity contribution is 5.86. The fourth-order valence-electron chi connectivity index (χ4n) is 1.66. The molecule has 3 atom stereocenters. The maximum Gasteiger partial charge on any atom is 0.243 e. The number of ether oxygens (including phenoxy) is 2. The van der Waals surface area contributed by atoms with Crippen molar-refractivity contribution < 1.29 is 19.4 Å². The summed E-state index contributed by atoms with van der Waals surface area (Å²) in [6, 6.07) is 0. The number of aliphatic hydroxyl groups is 1. The Balaban J connectivity index is 2.28. The summed E-state index contributed by atoms with van der Waals surface area (Å²) in [7, 11) is 0. The minimum absolute atomic E-state index is 0.00401. The largest absolute Gasteiger partial charge is 0.393 e. The summed E-state index contributed by atoms with van der Waals surface area (Å²) in [5, 5.41) is 12.2. The maximum atomic E-state index is 11.0. The van der Waals surface area contributed by atoms with Crippen molar-refractivity contribution in [1.29, 1.82) is 0 Å². The van der Waals surface area contributed by atoms with Crippen molar-refractivity contribution in [2.75, 3.05) is 13.2 Å². The first-order valence-corrected chi connectivity index (χ1v) is 6.01. The zero-order valence-corrected chi connectivity index (χ0v) is 10.2. The Morgan fingerprint density at radius 1 is 1.71 bits per heavy atom. The molecule has 0 saturated carbocycles.